The Morgan fingerprint density at radius 1 is 1.38 bits per heavy atom. The van der Waals surface area contributed by atoms with E-state index in [4.69, 9.17) is 9.72 Å². The van der Waals surface area contributed by atoms with Gasteiger partial charge in [0.15, 0.2) is 5.13 Å². The van der Waals surface area contributed by atoms with Crippen molar-refractivity contribution in [2.24, 2.45) is 0 Å². The fraction of sp³-hybridized carbons (Fsp3) is 0.812. The highest BCUT2D eigenvalue weighted by Crippen LogP contribution is 2.37. The number of anilines is 1. The van der Waals surface area contributed by atoms with Crippen molar-refractivity contribution in [1.82, 2.24) is 10.3 Å². The molecule has 3 rings (SSSR count). The molecule has 0 amide bonds. The maximum atomic E-state index is 5.95. The Morgan fingerprint density at radius 3 is 3.10 bits per heavy atom. The highest BCUT2D eigenvalue weighted by atomic mass is 32.1. The van der Waals surface area contributed by atoms with Crippen molar-refractivity contribution in [3.05, 3.63) is 10.6 Å². The molecule has 2 heterocycles. The molecule has 1 aromatic heterocycles. The van der Waals surface area contributed by atoms with Crippen LogP contribution >= 0.6 is 11.3 Å². The van der Waals surface area contributed by atoms with Crippen molar-refractivity contribution in [3.63, 3.8) is 0 Å². The minimum atomic E-state index is 0.389. The highest BCUT2D eigenvalue weighted by molar-refractivity contribution is 7.15. The van der Waals surface area contributed by atoms with Gasteiger partial charge in [0, 0.05) is 24.6 Å². The van der Waals surface area contributed by atoms with Gasteiger partial charge in [-0.3, -0.25) is 0 Å². The zero-order chi connectivity index (χ0) is 14.7. The molecule has 1 saturated heterocycles. The van der Waals surface area contributed by atoms with Gasteiger partial charge in [0.05, 0.1) is 17.8 Å². The maximum Gasteiger partial charge on any atom is 0.185 e. The van der Waals surface area contributed by atoms with Gasteiger partial charge < -0.3 is 15.0 Å². The summed E-state index contributed by atoms with van der Waals surface area (Å²) in [6.45, 7) is 5.20. The third-order valence-corrected chi connectivity index (χ3v) is 5.69. The van der Waals surface area contributed by atoms with E-state index in [1.807, 2.05) is 18.4 Å². The summed E-state index contributed by atoms with van der Waals surface area (Å²) < 4.78 is 5.95. The SMILES string of the molecule is CCCOC1CCCN(c2nc3c(s2)CCCC3NC)C1. The molecule has 4 nitrogen and oxygen atoms in total. The number of aryl methyl sites for hydroxylation is 1. The maximum absolute atomic E-state index is 5.95. The van der Waals surface area contributed by atoms with Crippen LogP contribution in [-0.2, 0) is 11.2 Å². The van der Waals surface area contributed by atoms with Crippen LogP contribution in [0.1, 0.15) is 55.6 Å². The monoisotopic (exact) mass is 309 g/mol. The van der Waals surface area contributed by atoms with Crippen LogP contribution in [0, 0.1) is 0 Å². The quantitative estimate of drug-likeness (QED) is 0.907. The average molecular weight is 309 g/mol. The topological polar surface area (TPSA) is 37.4 Å². The van der Waals surface area contributed by atoms with Gasteiger partial charge in [-0.1, -0.05) is 6.92 Å². The Bertz CT molecular complexity index is 462. The number of fused-ring (bicyclic) bond motifs is 1. The largest absolute Gasteiger partial charge is 0.376 e. The number of ether oxygens (including phenoxy) is 1. The third-order valence-electron chi connectivity index (χ3n) is 4.50. The first kappa shape index (κ1) is 15.3. The predicted octanol–water partition coefficient (Wildman–Crippen LogP) is 3.14. The van der Waals surface area contributed by atoms with Crippen LogP contribution < -0.4 is 10.2 Å². The minimum absolute atomic E-state index is 0.389. The van der Waals surface area contributed by atoms with E-state index in [-0.39, 0.29) is 0 Å². The summed E-state index contributed by atoms with van der Waals surface area (Å²) in [5.41, 5.74) is 1.31. The van der Waals surface area contributed by atoms with E-state index in [0.29, 0.717) is 12.1 Å². The smallest absolute Gasteiger partial charge is 0.185 e. The van der Waals surface area contributed by atoms with Crippen molar-refractivity contribution < 1.29 is 4.74 Å². The van der Waals surface area contributed by atoms with Gasteiger partial charge in [0.2, 0.25) is 0 Å². The molecule has 0 bridgehead atoms. The van der Waals surface area contributed by atoms with E-state index >= 15 is 0 Å². The van der Waals surface area contributed by atoms with E-state index < -0.39 is 0 Å². The van der Waals surface area contributed by atoms with E-state index in [2.05, 4.69) is 17.1 Å². The summed E-state index contributed by atoms with van der Waals surface area (Å²) in [7, 11) is 2.05. The minimum Gasteiger partial charge on any atom is -0.376 e. The Kier molecular flexibility index (Phi) is 5.14. The number of nitrogens with one attached hydrogen (secondary N) is 1. The molecule has 21 heavy (non-hydrogen) atoms. The average Bonchev–Trinajstić information content (AvgIpc) is 2.97. The van der Waals surface area contributed by atoms with E-state index in [1.165, 1.54) is 47.8 Å². The first-order valence-electron chi connectivity index (χ1n) is 8.35. The number of aromatic nitrogens is 1. The summed E-state index contributed by atoms with van der Waals surface area (Å²) in [4.78, 5) is 8.90. The van der Waals surface area contributed by atoms with Gasteiger partial charge in [-0.05, 0) is 45.6 Å². The zero-order valence-electron chi connectivity index (χ0n) is 13.2. The third kappa shape index (κ3) is 3.41. The summed E-state index contributed by atoms with van der Waals surface area (Å²) >= 11 is 1.91. The fourth-order valence-electron chi connectivity index (χ4n) is 3.35. The zero-order valence-corrected chi connectivity index (χ0v) is 14.0. The molecule has 2 aliphatic rings. The van der Waals surface area contributed by atoms with Gasteiger partial charge in [-0.25, -0.2) is 4.98 Å². The van der Waals surface area contributed by atoms with E-state index in [0.717, 1.165) is 26.1 Å². The lowest BCUT2D eigenvalue weighted by atomic mass is 9.98. The van der Waals surface area contributed by atoms with Crippen LogP contribution in [0.25, 0.3) is 0 Å². The number of hydrogen-bond acceptors (Lipinski definition) is 5. The molecule has 1 N–H and O–H groups in total. The van der Waals surface area contributed by atoms with Crippen LogP contribution in [0.3, 0.4) is 0 Å². The molecule has 118 valence electrons. The van der Waals surface area contributed by atoms with Crippen molar-refractivity contribution in [2.45, 2.75) is 57.6 Å². The second kappa shape index (κ2) is 7.07. The molecule has 2 atom stereocenters. The van der Waals surface area contributed by atoms with Crippen LogP contribution in [-0.4, -0.2) is 37.8 Å². The van der Waals surface area contributed by atoms with Crippen LogP contribution in [0.5, 0.6) is 0 Å². The van der Waals surface area contributed by atoms with Crippen molar-refractivity contribution >= 4 is 16.5 Å². The molecule has 0 spiro atoms. The van der Waals surface area contributed by atoms with Crippen LogP contribution in [0.4, 0.5) is 5.13 Å². The molecule has 0 radical (unpaired) electrons. The summed E-state index contributed by atoms with van der Waals surface area (Å²) in [6, 6.07) is 0.454. The molecule has 1 aliphatic carbocycles. The molecule has 0 aromatic carbocycles. The molecule has 1 aromatic rings. The number of nitrogens with zero attached hydrogens (tertiary/aromatic N) is 2. The van der Waals surface area contributed by atoms with E-state index in [1.54, 1.807) is 0 Å². The first-order valence-corrected chi connectivity index (χ1v) is 9.17. The molecule has 1 fully saturated rings. The summed E-state index contributed by atoms with van der Waals surface area (Å²) in [5, 5.41) is 4.63. The number of rotatable bonds is 5. The lowest BCUT2D eigenvalue weighted by Crippen LogP contribution is -2.39. The van der Waals surface area contributed by atoms with Crippen LogP contribution in [0.15, 0.2) is 0 Å². The standard InChI is InChI=1S/C16H27N3OS/c1-3-10-20-12-6-5-9-19(11-12)16-18-15-13(17-2)7-4-8-14(15)21-16/h12-13,17H,3-11H2,1-2H3. The van der Waals surface area contributed by atoms with Crippen molar-refractivity contribution in [1.29, 1.82) is 0 Å². The molecule has 2 unspecified atom stereocenters. The van der Waals surface area contributed by atoms with Gasteiger partial charge in [-0.15, -0.1) is 11.3 Å². The molecular weight excluding hydrogens is 282 g/mol. The lowest BCUT2D eigenvalue weighted by molar-refractivity contribution is 0.0440. The lowest BCUT2D eigenvalue weighted by Gasteiger charge is -2.32. The summed E-state index contributed by atoms with van der Waals surface area (Å²) in [6.07, 6.45) is 7.60. The number of thiazole rings is 1. The normalized spacial score (nSPS) is 25.9. The van der Waals surface area contributed by atoms with Gasteiger partial charge >= 0.3 is 0 Å². The van der Waals surface area contributed by atoms with Gasteiger partial charge in [0.25, 0.3) is 0 Å². The first-order chi connectivity index (χ1) is 10.3. The Hall–Kier alpha value is -0.650. The summed E-state index contributed by atoms with van der Waals surface area (Å²) in [5.74, 6) is 0. The van der Waals surface area contributed by atoms with Gasteiger partial charge in [-0.2, -0.15) is 0 Å². The molecule has 5 heteroatoms. The Labute approximate surface area is 131 Å². The second-order valence-corrected chi connectivity index (χ2v) is 7.18. The van der Waals surface area contributed by atoms with E-state index in [9.17, 15) is 0 Å². The number of piperidine rings is 1. The van der Waals surface area contributed by atoms with Crippen LogP contribution in [0.2, 0.25) is 0 Å². The Balaban J connectivity index is 1.70. The second-order valence-electron chi connectivity index (χ2n) is 6.12. The Morgan fingerprint density at radius 2 is 2.29 bits per heavy atom. The molecular formula is C16H27N3OS. The van der Waals surface area contributed by atoms with Crippen molar-refractivity contribution in [3.8, 4) is 0 Å². The molecule has 1 aliphatic heterocycles. The van der Waals surface area contributed by atoms with Gasteiger partial charge in [0.1, 0.15) is 0 Å². The fourth-order valence-corrected chi connectivity index (χ4v) is 4.55. The molecule has 0 saturated carbocycles. The highest BCUT2D eigenvalue weighted by Gasteiger charge is 2.27. The number of hydrogen-bond donors (Lipinski definition) is 1. The predicted molar refractivity (Wildman–Crippen MR) is 88.3 cm³/mol. The van der Waals surface area contributed by atoms with Crippen molar-refractivity contribution in [2.75, 3.05) is 31.6 Å².